The molecule has 0 amide bonds. The van der Waals surface area contributed by atoms with Crippen LogP contribution in [0.25, 0.3) is 0 Å². The highest BCUT2D eigenvalue weighted by Gasteiger charge is 2.21. The van der Waals surface area contributed by atoms with Crippen LogP contribution in [-0.4, -0.2) is 6.61 Å². The third-order valence-electron chi connectivity index (χ3n) is 1.49. The summed E-state index contributed by atoms with van der Waals surface area (Å²) in [7, 11) is 0. The Morgan fingerprint density at radius 2 is 1.67 bits per heavy atom. The van der Waals surface area contributed by atoms with Crippen LogP contribution in [0.4, 0.5) is 17.6 Å². The molecular weight excluding hydrogens is 259 g/mol. The van der Waals surface area contributed by atoms with Gasteiger partial charge in [0, 0.05) is 5.02 Å². The number of rotatable bonds is 3. The van der Waals surface area contributed by atoms with E-state index in [9.17, 15) is 17.6 Å². The van der Waals surface area contributed by atoms with Gasteiger partial charge < -0.3 is 4.74 Å². The van der Waals surface area contributed by atoms with Gasteiger partial charge in [0.25, 0.3) is 6.43 Å². The molecule has 1 aromatic rings. The Labute approximate surface area is 92.5 Å². The second-order valence-electron chi connectivity index (χ2n) is 2.48. The van der Waals surface area contributed by atoms with Crippen molar-refractivity contribution in [2.24, 2.45) is 0 Å². The zero-order valence-electron chi connectivity index (χ0n) is 6.99. The summed E-state index contributed by atoms with van der Waals surface area (Å²) in [5.74, 6) is -0.711. The lowest BCUT2D eigenvalue weighted by Crippen LogP contribution is -2.05. The van der Waals surface area contributed by atoms with E-state index >= 15 is 0 Å². The van der Waals surface area contributed by atoms with Crippen molar-refractivity contribution in [1.29, 1.82) is 0 Å². The lowest BCUT2D eigenvalue weighted by atomic mass is 10.2. The molecule has 15 heavy (non-hydrogen) atoms. The average molecular weight is 263 g/mol. The number of benzene rings is 1. The lowest BCUT2D eigenvalue weighted by Gasteiger charge is -2.11. The van der Waals surface area contributed by atoms with Gasteiger partial charge in [0.05, 0.1) is 10.6 Å². The highest BCUT2D eigenvalue weighted by Crippen LogP contribution is 2.38. The maximum absolute atomic E-state index is 12.4. The van der Waals surface area contributed by atoms with E-state index in [0.717, 1.165) is 12.1 Å². The fourth-order valence-electron chi connectivity index (χ4n) is 0.966. The minimum Gasteiger partial charge on any atom is -0.434 e. The summed E-state index contributed by atoms with van der Waals surface area (Å²) in [4.78, 5) is 0. The topological polar surface area (TPSA) is 9.23 Å². The van der Waals surface area contributed by atoms with Crippen molar-refractivity contribution in [2.45, 2.75) is 13.0 Å². The van der Waals surface area contributed by atoms with Crippen LogP contribution in [0.3, 0.4) is 0 Å². The fourth-order valence-corrected chi connectivity index (χ4v) is 1.52. The zero-order valence-corrected chi connectivity index (χ0v) is 8.50. The Kier molecular flexibility index (Phi) is 4.04. The molecule has 0 radical (unpaired) electrons. The van der Waals surface area contributed by atoms with Gasteiger partial charge in [0.2, 0.25) is 0 Å². The maximum Gasteiger partial charge on any atom is 0.387 e. The lowest BCUT2D eigenvalue weighted by molar-refractivity contribution is -0.0519. The Balaban J connectivity index is 3.20. The number of hydrogen-bond donors (Lipinski definition) is 0. The van der Waals surface area contributed by atoms with E-state index in [1.54, 1.807) is 0 Å². The van der Waals surface area contributed by atoms with Gasteiger partial charge in [-0.05, 0) is 12.1 Å². The van der Waals surface area contributed by atoms with E-state index in [2.05, 4.69) is 4.74 Å². The summed E-state index contributed by atoms with van der Waals surface area (Å²) in [5.41, 5.74) is -0.790. The maximum atomic E-state index is 12.4. The van der Waals surface area contributed by atoms with E-state index in [1.807, 2.05) is 0 Å². The van der Waals surface area contributed by atoms with Crippen molar-refractivity contribution in [3.8, 4) is 5.75 Å². The quantitative estimate of drug-likeness (QED) is 0.728. The molecule has 0 saturated carbocycles. The van der Waals surface area contributed by atoms with Crippen molar-refractivity contribution in [3.05, 3.63) is 27.7 Å². The number of halogens is 6. The standard InChI is InChI=1S/C8H4Cl2F4O/c9-3-1-4(10)6(7(11)12)5(2-3)15-8(13)14/h1-2,7-8H. The Bertz CT molecular complexity index is 357. The molecule has 0 atom stereocenters. The Hall–Kier alpha value is -0.680. The van der Waals surface area contributed by atoms with Gasteiger partial charge in [-0.2, -0.15) is 8.78 Å². The molecular formula is C8H4Cl2F4O. The van der Waals surface area contributed by atoms with Crippen LogP contribution < -0.4 is 4.74 Å². The van der Waals surface area contributed by atoms with Gasteiger partial charge in [-0.15, -0.1) is 0 Å². The molecule has 1 nitrogen and oxygen atoms in total. The smallest absolute Gasteiger partial charge is 0.387 e. The van der Waals surface area contributed by atoms with Gasteiger partial charge in [-0.1, -0.05) is 23.2 Å². The fraction of sp³-hybridized carbons (Fsp3) is 0.250. The van der Waals surface area contributed by atoms with Crippen LogP contribution in [0.15, 0.2) is 12.1 Å². The van der Waals surface area contributed by atoms with Crippen LogP contribution in [0.2, 0.25) is 10.0 Å². The number of ether oxygens (including phenoxy) is 1. The largest absolute Gasteiger partial charge is 0.434 e. The molecule has 0 bridgehead atoms. The van der Waals surface area contributed by atoms with E-state index < -0.39 is 29.4 Å². The number of alkyl halides is 4. The second kappa shape index (κ2) is 4.90. The third kappa shape index (κ3) is 3.14. The summed E-state index contributed by atoms with van der Waals surface area (Å²) in [6.07, 6.45) is -3.01. The Morgan fingerprint density at radius 1 is 1.07 bits per heavy atom. The molecule has 0 N–H and O–H groups in total. The predicted molar refractivity (Wildman–Crippen MR) is 48.1 cm³/mol. The van der Waals surface area contributed by atoms with Gasteiger partial charge >= 0.3 is 6.61 Å². The molecule has 0 unspecified atom stereocenters. The van der Waals surface area contributed by atoms with Crippen LogP contribution >= 0.6 is 23.2 Å². The monoisotopic (exact) mass is 262 g/mol. The van der Waals surface area contributed by atoms with Crippen LogP contribution in [-0.2, 0) is 0 Å². The molecule has 0 heterocycles. The molecule has 0 aliphatic carbocycles. The molecule has 1 rings (SSSR count). The highest BCUT2D eigenvalue weighted by atomic mass is 35.5. The van der Waals surface area contributed by atoms with Gasteiger partial charge in [-0.3, -0.25) is 0 Å². The molecule has 7 heteroatoms. The van der Waals surface area contributed by atoms with Crippen molar-refractivity contribution < 1.29 is 22.3 Å². The summed E-state index contributed by atoms with van der Waals surface area (Å²) in [5, 5.41) is -0.465. The first-order valence-electron chi connectivity index (χ1n) is 3.63. The molecule has 0 aromatic heterocycles. The molecule has 84 valence electrons. The third-order valence-corrected chi connectivity index (χ3v) is 2.02. The molecule has 0 fully saturated rings. The average Bonchev–Trinajstić information content (AvgIpc) is 1.99. The molecule has 0 aliphatic rings. The summed E-state index contributed by atoms with van der Waals surface area (Å²) in [6.45, 7) is -3.21. The first kappa shape index (κ1) is 12.4. The zero-order chi connectivity index (χ0) is 11.6. The summed E-state index contributed by atoms with van der Waals surface area (Å²) < 4.78 is 52.5. The van der Waals surface area contributed by atoms with E-state index in [4.69, 9.17) is 23.2 Å². The van der Waals surface area contributed by atoms with E-state index in [0.29, 0.717) is 0 Å². The molecule has 0 spiro atoms. The van der Waals surface area contributed by atoms with Gasteiger partial charge in [-0.25, -0.2) is 8.78 Å². The summed E-state index contributed by atoms with van der Waals surface area (Å²) in [6, 6.07) is 1.89. The molecule has 0 saturated heterocycles. The summed E-state index contributed by atoms with van der Waals surface area (Å²) >= 11 is 10.9. The second-order valence-corrected chi connectivity index (χ2v) is 3.32. The van der Waals surface area contributed by atoms with Crippen molar-refractivity contribution >= 4 is 23.2 Å². The SMILES string of the molecule is FC(F)Oc1cc(Cl)cc(Cl)c1C(F)F. The van der Waals surface area contributed by atoms with Crippen LogP contribution in [0.1, 0.15) is 12.0 Å². The van der Waals surface area contributed by atoms with Crippen LogP contribution in [0.5, 0.6) is 5.75 Å². The predicted octanol–water partition coefficient (Wildman–Crippen LogP) is 4.53. The first-order valence-corrected chi connectivity index (χ1v) is 4.39. The highest BCUT2D eigenvalue weighted by molar-refractivity contribution is 6.35. The minimum atomic E-state index is -3.21. The molecule has 1 aromatic carbocycles. The van der Waals surface area contributed by atoms with E-state index in [1.165, 1.54) is 0 Å². The van der Waals surface area contributed by atoms with Crippen molar-refractivity contribution in [3.63, 3.8) is 0 Å². The van der Waals surface area contributed by atoms with Gasteiger partial charge in [0.1, 0.15) is 5.75 Å². The number of hydrogen-bond acceptors (Lipinski definition) is 1. The van der Waals surface area contributed by atoms with Crippen molar-refractivity contribution in [2.75, 3.05) is 0 Å². The first-order chi connectivity index (χ1) is 6.91. The Morgan fingerprint density at radius 3 is 2.13 bits per heavy atom. The normalized spacial score (nSPS) is 11.2. The van der Waals surface area contributed by atoms with Crippen molar-refractivity contribution in [1.82, 2.24) is 0 Å². The van der Waals surface area contributed by atoms with Gasteiger partial charge in [0.15, 0.2) is 0 Å². The van der Waals surface area contributed by atoms with E-state index in [-0.39, 0.29) is 5.02 Å². The van der Waals surface area contributed by atoms with Crippen LogP contribution in [0, 0.1) is 0 Å². The molecule has 0 aliphatic heterocycles. The minimum absolute atomic E-state index is 0.0555.